The number of anilines is 1. The van der Waals surface area contributed by atoms with Crippen molar-refractivity contribution in [3.05, 3.63) is 71.3 Å². The van der Waals surface area contributed by atoms with Crippen LogP contribution >= 0.6 is 0 Å². The highest BCUT2D eigenvalue weighted by molar-refractivity contribution is 6.09. The van der Waals surface area contributed by atoms with Crippen molar-refractivity contribution in [2.45, 2.75) is 13.0 Å². The molecule has 1 N–H and O–H groups in total. The molecule has 26 heavy (non-hydrogen) atoms. The quantitative estimate of drug-likeness (QED) is 0.775. The Labute approximate surface area is 147 Å². The first-order valence-electron chi connectivity index (χ1n) is 7.98. The average molecular weight is 357 g/mol. The number of fused-ring (bicyclic) bond motifs is 1. The summed E-state index contributed by atoms with van der Waals surface area (Å²) in [6, 6.07) is 8.37. The second-order valence-corrected chi connectivity index (χ2v) is 6.04. The number of ether oxygens (including phenoxy) is 1. The monoisotopic (exact) mass is 357 g/mol. The molecule has 1 amide bonds. The van der Waals surface area contributed by atoms with E-state index in [9.17, 15) is 13.6 Å². The summed E-state index contributed by atoms with van der Waals surface area (Å²) in [4.78, 5) is 21.4. The van der Waals surface area contributed by atoms with Gasteiger partial charge in [-0.15, -0.1) is 0 Å². The zero-order valence-electron chi connectivity index (χ0n) is 14.1. The number of H-pyrrole nitrogens is 1. The number of aromatic amines is 1. The molecule has 0 radical (unpaired) electrons. The van der Waals surface area contributed by atoms with Crippen molar-refractivity contribution < 1.29 is 18.3 Å². The Balaban J connectivity index is 1.91. The summed E-state index contributed by atoms with van der Waals surface area (Å²) < 4.78 is 33.5. The molecule has 1 aliphatic rings. The normalized spacial score (nSPS) is 17.5. The van der Waals surface area contributed by atoms with Crippen molar-refractivity contribution in [1.82, 2.24) is 9.97 Å². The van der Waals surface area contributed by atoms with Gasteiger partial charge in [-0.1, -0.05) is 12.1 Å². The summed E-state index contributed by atoms with van der Waals surface area (Å²) in [5.41, 5.74) is 2.61. The molecular weight excluding hydrogens is 342 g/mol. The lowest BCUT2D eigenvalue weighted by Crippen LogP contribution is -2.31. The van der Waals surface area contributed by atoms with Crippen LogP contribution in [-0.2, 0) is 9.53 Å². The van der Waals surface area contributed by atoms with Crippen molar-refractivity contribution in [2.75, 3.05) is 12.0 Å². The molecule has 1 unspecified atom stereocenters. The van der Waals surface area contributed by atoms with Gasteiger partial charge in [0.2, 0.25) is 0 Å². The van der Waals surface area contributed by atoms with Crippen molar-refractivity contribution in [1.29, 1.82) is 0 Å². The van der Waals surface area contributed by atoms with Gasteiger partial charge in [0.05, 0.1) is 30.5 Å². The molecule has 1 atom stereocenters. The number of nitrogens with zero attached hydrogens (tertiary/aromatic N) is 2. The zero-order valence-corrected chi connectivity index (χ0v) is 14.1. The number of nitrogens with one attached hydrogen (secondary N) is 1. The van der Waals surface area contributed by atoms with Crippen LogP contribution in [-0.4, -0.2) is 23.0 Å². The predicted molar refractivity (Wildman–Crippen MR) is 92.4 cm³/mol. The lowest BCUT2D eigenvalue weighted by atomic mass is 9.99. The summed E-state index contributed by atoms with van der Waals surface area (Å²) in [7, 11) is 1.39. The summed E-state index contributed by atoms with van der Waals surface area (Å²) in [5, 5.41) is 0. The Bertz CT molecular complexity index is 1060. The minimum Gasteiger partial charge on any atom is -0.491 e. The molecule has 0 fully saturated rings. The standard InChI is InChI=1S/C19H15F2N3O2/c1-10-17(12-4-3-5-13(20)16(12)21)24(19(25)18(10)26-2)11-6-7-14-15(8-11)23-9-22-14/h3-9,17H,1-2H3,(H,22,23)/i9+2. The molecule has 1 aliphatic heterocycles. The Kier molecular flexibility index (Phi) is 3.72. The molecule has 0 aliphatic carbocycles. The minimum atomic E-state index is -0.977. The summed E-state index contributed by atoms with van der Waals surface area (Å²) in [6.07, 6.45) is 1.55. The number of carbonyl (C=O) groups is 1. The number of rotatable bonds is 3. The molecule has 5 nitrogen and oxygen atoms in total. The van der Waals surface area contributed by atoms with Gasteiger partial charge in [-0.2, -0.15) is 0 Å². The molecular formula is C19H15F2N3O2. The largest absolute Gasteiger partial charge is 0.491 e. The molecule has 132 valence electrons. The van der Waals surface area contributed by atoms with E-state index in [0.29, 0.717) is 11.3 Å². The lowest BCUT2D eigenvalue weighted by Gasteiger charge is -2.27. The Morgan fingerprint density at radius 3 is 2.85 bits per heavy atom. The van der Waals surface area contributed by atoms with Crippen molar-refractivity contribution in [3.63, 3.8) is 0 Å². The molecule has 2 heterocycles. The van der Waals surface area contributed by atoms with Gasteiger partial charge in [0, 0.05) is 16.8 Å². The topological polar surface area (TPSA) is 58.2 Å². The van der Waals surface area contributed by atoms with Gasteiger partial charge in [0.1, 0.15) is 0 Å². The van der Waals surface area contributed by atoms with Crippen LogP contribution in [0.1, 0.15) is 18.5 Å². The maximum atomic E-state index is 14.5. The summed E-state index contributed by atoms with van der Waals surface area (Å²) in [6.45, 7) is 1.68. The van der Waals surface area contributed by atoms with Crippen LogP contribution in [0.2, 0.25) is 0 Å². The van der Waals surface area contributed by atoms with E-state index < -0.39 is 23.6 Å². The molecule has 3 aromatic rings. The van der Waals surface area contributed by atoms with E-state index in [4.69, 9.17) is 4.74 Å². The van der Waals surface area contributed by atoms with Crippen LogP contribution in [0.15, 0.2) is 54.1 Å². The van der Waals surface area contributed by atoms with Gasteiger partial charge >= 0.3 is 0 Å². The predicted octanol–water partition coefficient (Wildman–Crippen LogP) is 3.85. The summed E-state index contributed by atoms with van der Waals surface area (Å²) >= 11 is 0. The van der Waals surface area contributed by atoms with E-state index in [-0.39, 0.29) is 11.3 Å². The fourth-order valence-electron chi connectivity index (χ4n) is 3.41. The molecule has 1 aromatic heterocycles. The third kappa shape index (κ3) is 2.28. The number of benzene rings is 2. The van der Waals surface area contributed by atoms with E-state index in [0.717, 1.165) is 17.1 Å². The Hall–Kier alpha value is -3.22. The SMILES string of the molecule is COC1=C(C)C(c2cccc(F)c2F)N(c2ccc3n[14cH][nH]c3c2)C1=O. The van der Waals surface area contributed by atoms with Crippen LogP contribution < -0.4 is 4.90 Å². The van der Waals surface area contributed by atoms with Crippen LogP contribution in [0.3, 0.4) is 0 Å². The van der Waals surface area contributed by atoms with Gasteiger partial charge in [-0.05, 0) is 31.2 Å². The zero-order chi connectivity index (χ0) is 18.4. The van der Waals surface area contributed by atoms with E-state index in [1.165, 1.54) is 24.1 Å². The van der Waals surface area contributed by atoms with Crippen LogP contribution in [0, 0.1) is 11.6 Å². The molecule has 4 rings (SSSR count). The smallest absolute Gasteiger partial charge is 0.294 e. The number of hydrogen-bond donors (Lipinski definition) is 1. The Morgan fingerprint density at radius 2 is 2.08 bits per heavy atom. The lowest BCUT2D eigenvalue weighted by molar-refractivity contribution is -0.117. The third-order valence-electron chi connectivity index (χ3n) is 4.60. The van der Waals surface area contributed by atoms with Gasteiger partial charge in [-0.25, -0.2) is 13.8 Å². The molecule has 2 aromatic carbocycles. The van der Waals surface area contributed by atoms with Crippen LogP contribution in [0.4, 0.5) is 14.5 Å². The van der Waals surface area contributed by atoms with Gasteiger partial charge in [0.15, 0.2) is 17.4 Å². The number of imidazole rings is 1. The van der Waals surface area contributed by atoms with Gasteiger partial charge < -0.3 is 9.72 Å². The number of halogens is 2. The molecule has 0 spiro atoms. The first-order valence-corrected chi connectivity index (χ1v) is 7.98. The number of methoxy groups -OCH3 is 1. The van der Waals surface area contributed by atoms with Gasteiger partial charge in [0.25, 0.3) is 5.91 Å². The molecule has 7 heteroatoms. The van der Waals surface area contributed by atoms with E-state index in [1.807, 2.05) is 0 Å². The van der Waals surface area contributed by atoms with Crippen molar-refractivity contribution >= 4 is 22.6 Å². The van der Waals surface area contributed by atoms with Gasteiger partial charge in [-0.3, -0.25) is 9.69 Å². The highest BCUT2D eigenvalue weighted by Gasteiger charge is 2.41. The highest BCUT2D eigenvalue weighted by atomic mass is 19.2. The first-order chi connectivity index (χ1) is 12.5. The van der Waals surface area contributed by atoms with Crippen molar-refractivity contribution in [2.24, 2.45) is 0 Å². The fourth-order valence-corrected chi connectivity index (χ4v) is 3.41. The fraction of sp³-hybridized carbons (Fsp3) is 0.158. The summed E-state index contributed by atoms with van der Waals surface area (Å²) in [5.74, 6) is -2.21. The third-order valence-corrected chi connectivity index (χ3v) is 4.60. The number of aromatic nitrogens is 2. The first kappa shape index (κ1) is 16.3. The number of carbonyl (C=O) groups excluding carboxylic acids is 1. The van der Waals surface area contributed by atoms with E-state index >= 15 is 0 Å². The molecule has 0 bridgehead atoms. The maximum absolute atomic E-state index is 14.5. The second kappa shape index (κ2) is 5.94. The van der Waals surface area contributed by atoms with Crippen LogP contribution in [0.5, 0.6) is 0 Å². The van der Waals surface area contributed by atoms with E-state index in [1.54, 1.807) is 31.5 Å². The maximum Gasteiger partial charge on any atom is 0.294 e. The van der Waals surface area contributed by atoms with Crippen LogP contribution in [0.25, 0.3) is 11.0 Å². The Morgan fingerprint density at radius 1 is 1.27 bits per heavy atom. The minimum absolute atomic E-state index is 0.0765. The average Bonchev–Trinajstić information content (AvgIpc) is 3.19. The molecule has 0 saturated heterocycles. The van der Waals surface area contributed by atoms with Crippen molar-refractivity contribution in [3.8, 4) is 0 Å². The molecule has 0 saturated carbocycles. The number of amides is 1. The number of hydrogen-bond acceptors (Lipinski definition) is 3. The highest BCUT2D eigenvalue weighted by Crippen LogP contribution is 2.42. The van der Waals surface area contributed by atoms with E-state index in [2.05, 4.69) is 9.97 Å². The second-order valence-electron chi connectivity index (χ2n) is 6.04.